The summed E-state index contributed by atoms with van der Waals surface area (Å²) in [5.41, 5.74) is 1.33. The monoisotopic (exact) mass is 249 g/mol. The Morgan fingerprint density at radius 1 is 1.39 bits per heavy atom. The first kappa shape index (κ1) is 13.6. The summed E-state index contributed by atoms with van der Waals surface area (Å²) in [6.45, 7) is 4.66. The van der Waals surface area contributed by atoms with Crippen LogP contribution in [0.3, 0.4) is 0 Å². The molecule has 0 aromatic carbocycles. The van der Waals surface area contributed by atoms with Gasteiger partial charge in [-0.05, 0) is 49.8 Å². The third kappa shape index (κ3) is 4.45. The highest BCUT2D eigenvalue weighted by molar-refractivity contribution is 5.03. The molecule has 0 aliphatic heterocycles. The Morgan fingerprint density at radius 2 is 2.28 bits per heavy atom. The van der Waals surface area contributed by atoms with Crippen molar-refractivity contribution in [2.45, 2.75) is 45.4 Å². The van der Waals surface area contributed by atoms with Crippen molar-refractivity contribution in [2.75, 3.05) is 13.1 Å². The number of aromatic nitrogens is 2. The molecule has 18 heavy (non-hydrogen) atoms. The number of hydrogen-bond donors (Lipinski definition) is 1. The van der Waals surface area contributed by atoms with Gasteiger partial charge in [-0.1, -0.05) is 26.2 Å². The van der Waals surface area contributed by atoms with Crippen LogP contribution in [-0.4, -0.2) is 22.9 Å². The van der Waals surface area contributed by atoms with Gasteiger partial charge < -0.3 is 5.32 Å². The Balaban J connectivity index is 1.53. The maximum atomic E-state index is 4.19. The van der Waals surface area contributed by atoms with E-state index in [0.29, 0.717) is 0 Å². The van der Waals surface area contributed by atoms with E-state index in [1.807, 2.05) is 17.9 Å². The van der Waals surface area contributed by atoms with E-state index in [0.717, 1.165) is 24.8 Å². The van der Waals surface area contributed by atoms with Crippen LogP contribution in [0.2, 0.25) is 0 Å². The SMILES string of the molecule is CC1CCCC(CCNCCc2cnn(C)c2)C1. The third-order valence-electron chi connectivity index (χ3n) is 4.12. The van der Waals surface area contributed by atoms with Crippen LogP contribution in [0.15, 0.2) is 12.4 Å². The molecule has 2 unspecified atom stereocenters. The van der Waals surface area contributed by atoms with Gasteiger partial charge in [0.15, 0.2) is 0 Å². The highest BCUT2D eigenvalue weighted by Crippen LogP contribution is 2.30. The molecule has 3 nitrogen and oxygen atoms in total. The summed E-state index contributed by atoms with van der Waals surface area (Å²) in [5.74, 6) is 1.93. The van der Waals surface area contributed by atoms with Gasteiger partial charge in [-0.3, -0.25) is 4.68 Å². The summed E-state index contributed by atoms with van der Waals surface area (Å²) < 4.78 is 1.87. The van der Waals surface area contributed by atoms with Gasteiger partial charge in [0.25, 0.3) is 0 Å². The molecule has 102 valence electrons. The second-order valence-corrected chi connectivity index (χ2v) is 5.95. The molecule has 1 heterocycles. The minimum atomic E-state index is 0.958. The van der Waals surface area contributed by atoms with E-state index in [9.17, 15) is 0 Å². The van der Waals surface area contributed by atoms with Crippen LogP contribution in [0.1, 0.15) is 44.6 Å². The predicted octanol–water partition coefficient (Wildman–Crippen LogP) is 2.77. The standard InChI is InChI=1S/C15H27N3/c1-13-4-3-5-14(10-13)6-8-16-9-7-15-11-17-18(2)12-15/h11-14,16H,3-10H2,1-2H3. The summed E-state index contributed by atoms with van der Waals surface area (Å²) in [6.07, 6.45) is 12.3. The largest absolute Gasteiger partial charge is 0.316 e. The molecular weight excluding hydrogens is 222 g/mol. The van der Waals surface area contributed by atoms with Gasteiger partial charge in [0.05, 0.1) is 6.20 Å². The summed E-state index contributed by atoms with van der Waals surface area (Å²) in [6, 6.07) is 0. The molecule has 0 spiro atoms. The smallest absolute Gasteiger partial charge is 0.0522 e. The van der Waals surface area contributed by atoms with Gasteiger partial charge >= 0.3 is 0 Å². The molecule has 0 bridgehead atoms. The molecule has 0 amide bonds. The zero-order valence-corrected chi connectivity index (χ0v) is 11.9. The van der Waals surface area contributed by atoms with Gasteiger partial charge in [-0.15, -0.1) is 0 Å². The van der Waals surface area contributed by atoms with E-state index < -0.39 is 0 Å². The van der Waals surface area contributed by atoms with Crippen LogP contribution in [-0.2, 0) is 13.5 Å². The molecule has 2 atom stereocenters. The van der Waals surface area contributed by atoms with Crippen molar-refractivity contribution in [1.82, 2.24) is 15.1 Å². The maximum Gasteiger partial charge on any atom is 0.0522 e. The van der Waals surface area contributed by atoms with Crippen LogP contribution < -0.4 is 5.32 Å². The fourth-order valence-electron chi connectivity index (χ4n) is 3.09. The van der Waals surface area contributed by atoms with Crippen molar-refractivity contribution in [3.63, 3.8) is 0 Å². The molecule has 1 aliphatic carbocycles. The third-order valence-corrected chi connectivity index (χ3v) is 4.12. The zero-order valence-electron chi connectivity index (χ0n) is 11.9. The Bertz CT molecular complexity index is 345. The molecule has 1 aromatic rings. The number of nitrogens with zero attached hydrogens (tertiary/aromatic N) is 2. The summed E-state index contributed by atoms with van der Waals surface area (Å²) in [7, 11) is 1.97. The summed E-state index contributed by atoms with van der Waals surface area (Å²) in [4.78, 5) is 0. The molecular formula is C15H27N3. The van der Waals surface area contributed by atoms with E-state index >= 15 is 0 Å². The van der Waals surface area contributed by atoms with E-state index in [4.69, 9.17) is 0 Å². The van der Waals surface area contributed by atoms with Gasteiger partial charge in [0.2, 0.25) is 0 Å². The molecule has 2 rings (SSSR count). The fraction of sp³-hybridized carbons (Fsp3) is 0.800. The molecule has 0 saturated heterocycles. The lowest BCUT2D eigenvalue weighted by atomic mass is 9.81. The minimum Gasteiger partial charge on any atom is -0.316 e. The van der Waals surface area contributed by atoms with Gasteiger partial charge in [0.1, 0.15) is 0 Å². The molecule has 3 heteroatoms. The van der Waals surface area contributed by atoms with E-state index in [1.165, 1.54) is 44.2 Å². The van der Waals surface area contributed by atoms with E-state index in [2.05, 4.69) is 23.5 Å². The lowest BCUT2D eigenvalue weighted by Gasteiger charge is -2.26. The van der Waals surface area contributed by atoms with Crippen molar-refractivity contribution in [3.8, 4) is 0 Å². The fourth-order valence-corrected chi connectivity index (χ4v) is 3.09. The first-order valence-corrected chi connectivity index (χ1v) is 7.42. The van der Waals surface area contributed by atoms with Gasteiger partial charge in [-0.25, -0.2) is 0 Å². The van der Waals surface area contributed by atoms with Crippen molar-refractivity contribution in [1.29, 1.82) is 0 Å². The van der Waals surface area contributed by atoms with Crippen LogP contribution in [0, 0.1) is 11.8 Å². The average Bonchev–Trinajstić information content (AvgIpc) is 2.75. The lowest BCUT2D eigenvalue weighted by molar-refractivity contribution is 0.268. The average molecular weight is 249 g/mol. The van der Waals surface area contributed by atoms with Gasteiger partial charge in [-0.2, -0.15) is 5.10 Å². The van der Waals surface area contributed by atoms with Crippen LogP contribution >= 0.6 is 0 Å². The second-order valence-electron chi connectivity index (χ2n) is 5.95. The quantitative estimate of drug-likeness (QED) is 0.786. The summed E-state index contributed by atoms with van der Waals surface area (Å²) in [5, 5.41) is 7.75. The minimum absolute atomic E-state index is 0.958. The molecule has 1 aromatic heterocycles. The van der Waals surface area contributed by atoms with Crippen LogP contribution in [0.4, 0.5) is 0 Å². The molecule has 1 aliphatic rings. The van der Waals surface area contributed by atoms with Gasteiger partial charge in [0, 0.05) is 13.2 Å². The second kappa shape index (κ2) is 6.93. The summed E-state index contributed by atoms with van der Waals surface area (Å²) >= 11 is 0. The van der Waals surface area contributed by atoms with E-state index in [1.54, 1.807) is 0 Å². The predicted molar refractivity (Wildman–Crippen MR) is 75.5 cm³/mol. The Morgan fingerprint density at radius 3 is 3.00 bits per heavy atom. The number of rotatable bonds is 6. The molecule has 1 N–H and O–H groups in total. The first-order chi connectivity index (χ1) is 8.74. The Kier molecular flexibility index (Phi) is 5.24. The lowest BCUT2D eigenvalue weighted by Crippen LogP contribution is -2.23. The Labute approximate surface area is 111 Å². The molecule has 1 fully saturated rings. The zero-order chi connectivity index (χ0) is 12.8. The number of aryl methyl sites for hydroxylation is 1. The molecule has 0 radical (unpaired) electrons. The van der Waals surface area contributed by atoms with Crippen molar-refractivity contribution in [3.05, 3.63) is 18.0 Å². The van der Waals surface area contributed by atoms with Crippen LogP contribution in [0.5, 0.6) is 0 Å². The first-order valence-electron chi connectivity index (χ1n) is 7.42. The molecule has 1 saturated carbocycles. The van der Waals surface area contributed by atoms with Crippen molar-refractivity contribution < 1.29 is 0 Å². The van der Waals surface area contributed by atoms with E-state index in [-0.39, 0.29) is 0 Å². The highest BCUT2D eigenvalue weighted by Gasteiger charge is 2.17. The topological polar surface area (TPSA) is 29.9 Å². The highest BCUT2D eigenvalue weighted by atomic mass is 15.2. The normalized spacial score (nSPS) is 24.3. The number of hydrogen-bond acceptors (Lipinski definition) is 2. The Hall–Kier alpha value is -0.830. The number of nitrogens with one attached hydrogen (secondary N) is 1. The van der Waals surface area contributed by atoms with Crippen LogP contribution in [0.25, 0.3) is 0 Å². The van der Waals surface area contributed by atoms with Crippen molar-refractivity contribution in [2.24, 2.45) is 18.9 Å². The van der Waals surface area contributed by atoms with Crippen molar-refractivity contribution >= 4 is 0 Å². The maximum absolute atomic E-state index is 4.19.